The molecule has 1 heterocycles. The molecule has 0 amide bonds. The van der Waals surface area contributed by atoms with Gasteiger partial charge in [0.15, 0.2) is 0 Å². The first-order valence-corrected chi connectivity index (χ1v) is 8.86. The number of benzene rings is 3. The zero-order valence-corrected chi connectivity index (χ0v) is 14.7. The molecule has 0 aliphatic carbocycles. The van der Waals surface area contributed by atoms with Crippen molar-refractivity contribution in [3.63, 3.8) is 0 Å². The Kier molecular flexibility index (Phi) is 4.58. The third-order valence-corrected chi connectivity index (χ3v) is 4.71. The summed E-state index contributed by atoms with van der Waals surface area (Å²) in [5, 5.41) is 13.4. The molecule has 1 unspecified atom stereocenters. The summed E-state index contributed by atoms with van der Waals surface area (Å²) in [5.74, 6) is -1.26. The highest BCUT2D eigenvalue weighted by Crippen LogP contribution is 2.37. The Morgan fingerprint density at radius 3 is 1.81 bits per heavy atom. The van der Waals surface area contributed by atoms with E-state index in [4.69, 9.17) is 0 Å². The summed E-state index contributed by atoms with van der Waals surface area (Å²) in [7, 11) is 0. The van der Waals surface area contributed by atoms with E-state index in [0.29, 0.717) is 11.3 Å². The zero-order valence-electron chi connectivity index (χ0n) is 14.7. The summed E-state index contributed by atoms with van der Waals surface area (Å²) in [6, 6.07) is 29.4. The van der Waals surface area contributed by atoms with Gasteiger partial charge in [0.1, 0.15) is 0 Å². The van der Waals surface area contributed by atoms with Crippen LogP contribution in [-0.4, -0.2) is 11.1 Å². The number of rotatable bonds is 4. The molecule has 0 bridgehead atoms. The van der Waals surface area contributed by atoms with Gasteiger partial charge in [-0.2, -0.15) is 0 Å². The normalized spacial score (nSPS) is 16.4. The van der Waals surface area contributed by atoms with Crippen LogP contribution in [0.4, 0.5) is 0 Å². The Labute approximate surface area is 158 Å². The molecule has 1 aliphatic rings. The van der Waals surface area contributed by atoms with Gasteiger partial charge < -0.3 is 10.4 Å². The number of carbonyl (C=O) groups is 1. The molecular weight excluding hydrogens is 334 g/mol. The number of hydrogen-bond donors (Lipinski definition) is 2. The van der Waals surface area contributed by atoms with Crippen LogP contribution in [0.3, 0.4) is 0 Å². The zero-order chi connectivity index (χ0) is 18.6. The van der Waals surface area contributed by atoms with Crippen LogP contribution >= 0.6 is 0 Å². The van der Waals surface area contributed by atoms with Crippen molar-refractivity contribution in [2.75, 3.05) is 0 Å². The van der Waals surface area contributed by atoms with E-state index in [0.717, 1.165) is 22.4 Å². The largest absolute Gasteiger partial charge is 0.478 e. The topological polar surface area (TPSA) is 49.3 Å². The van der Waals surface area contributed by atoms with Crippen molar-refractivity contribution in [2.24, 2.45) is 0 Å². The van der Waals surface area contributed by atoms with E-state index in [9.17, 15) is 9.90 Å². The lowest BCUT2D eigenvalue weighted by molar-refractivity contribution is -0.132. The first-order chi connectivity index (χ1) is 13.2. The molecule has 3 aromatic rings. The number of carboxylic acid groups (broad SMARTS) is 1. The second-order valence-corrected chi connectivity index (χ2v) is 6.42. The molecule has 1 atom stereocenters. The highest BCUT2D eigenvalue weighted by Gasteiger charge is 2.30. The average molecular weight is 353 g/mol. The van der Waals surface area contributed by atoms with Crippen LogP contribution in [0.25, 0.3) is 11.4 Å². The quantitative estimate of drug-likeness (QED) is 0.701. The predicted molar refractivity (Wildman–Crippen MR) is 108 cm³/mol. The second kappa shape index (κ2) is 7.34. The van der Waals surface area contributed by atoms with Gasteiger partial charge in [0.25, 0.3) is 0 Å². The maximum atomic E-state index is 12.2. The molecule has 0 fully saturated rings. The first kappa shape index (κ1) is 16.9. The molecule has 0 saturated carbocycles. The molecule has 27 heavy (non-hydrogen) atoms. The van der Waals surface area contributed by atoms with Gasteiger partial charge >= 0.3 is 5.97 Å². The summed E-state index contributed by atoms with van der Waals surface area (Å²) in [6.07, 6.45) is 2.00. The minimum absolute atomic E-state index is 0.338. The van der Waals surface area contributed by atoms with E-state index in [2.05, 4.69) is 5.32 Å². The number of aliphatic carboxylic acids is 1. The van der Waals surface area contributed by atoms with Crippen LogP contribution in [0.5, 0.6) is 0 Å². The smallest absolute Gasteiger partial charge is 0.334 e. The first-order valence-electron chi connectivity index (χ1n) is 8.86. The van der Waals surface area contributed by atoms with Crippen molar-refractivity contribution in [3.05, 3.63) is 119 Å². The standard InChI is InChI=1S/C24H19NO2/c26-24(27)22-20(17-10-4-1-5-11-17)16-21(18-12-6-2-7-13-18)25-23(22)19-14-8-3-9-15-19/h1-16,20,25H,(H,26,27). The highest BCUT2D eigenvalue weighted by molar-refractivity contribution is 6.01. The number of allylic oxidation sites excluding steroid dienone is 1. The lowest BCUT2D eigenvalue weighted by Gasteiger charge is -2.28. The number of carboxylic acids is 1. The summed E-state index contributed by atoms with van der Waals surface area (Å²) in [6.45, 7) is 0. The van der Waals surface area contributed by atoms with Gasteiger partial charge in [-0.25, -0.2) is 4.79 Å². The van der Waals surface area contributed by atoms with Gasteiger partial charge in [-0.05, 0) is 22.8 Å². The van der Waals surface area contributed by atoms with Crippen molar-refractivity contribution in [3.8, 4) is 0 Å². The Balaban J connectivity index is 1.92. The van der Waals surface area contributed by atoms with Gasteiger partial charge in [-0.1, -0.05) is 91.0 Å². The van der Waals surface area contributed by atoms with Crippen LogP contribution in [-0.2, 0) is 4.79 Å². The monoisotopic (exact) mass is 353 g/mol. The summed E-state index contributed by atoms with van der Waals surface area (Å²) < 4.78 is 0. The Hall–Kier alpha value is -3.59. The van der Waals surface area contributed by atoms with E-state index in [-0.39, 0.29) is 5.92 Å². The van der Waals surface area contributed by atoms with E-state index in [1.165, 1.54) is 0 Å². The highest BCUT2D eigenvalue weighted by atomic mass is 16.4. The molecule has 0 radical (unpaired) electrons. The number of hydrogen-bond acceptors (Lipinski definition) is 2. The fraction of sp³-hybridized carbons (Fsp3) is 0.0417. The second-order valence-electron chi connectivity index (χ2n) is 6.42. The summed E-state index contributed by atoms with van der Waals surface area (Å²) in [5.41, 5.74) is 4.74. The van der Waals surface area contributed by atoms with Crippen molar-refractivity contribution < 1.29 is 9.90 Å². The Bertz CT molecular complexity index is 1010. The van der Waals surface area contributed by atoms with E-state index >= 15 is 0 Å². The van der Waals surface area contributed by atoms with Crippen molar-refractivity contribution in [1.82, 2.24) is 5.32 Å². The Morgan fingerprint density at radius 2 is 1.26 bits per heavy atom. The van der Waals surface area contributed by atoms with E-state index < -0.39 is 5.97 Å². The number of nitrogens with one attached hydrogen (secondary N) is 1. The molecule has 3 nitrogen and oxygen atoms in total. The van der Waals surface area contributed by atoms with Crippen molar-refractivity contribution in [2.45, 2.75) is 5.92 Å². The third-order valence-electron chi connectivity index (χ3n) is 4.71. The molecule has 4 rings (SSSR count). The van der Waals surface area contributed by atoms with Crippen LogP contribution in [0, 0.1) is 0 Å². The fourth-order valence-electron chi connectivity index (χ4n) is 3.43. The molecule has 3 heteroatoms. The van der Waals surface area contributed by atoms with Crippen LogP contribution in [0.2, 0.25) is 0 Å². The van der Waals surface area contributed by atoms with Crippen LogP contribution in [0.1, 0.15) is 22.6 Å². The molecule has 0 saturated heterocycles. The van der Waals surface area contributed by atoms with Gasteiger partial charge in [-0.3, -0.25) is 0 Å². The van der Waals surface area contributed by atoms with Gasteiger partial charge in [0.2, 0.25) is 0 Å². The van der Waals surface area contributed by atoms with E-state index in [1.807, 2.05) is 97.1 Å². The molecule has 1 aliphatic heterocycles. The fourth-order valence-corrected chi connectivity index (χ4v) is 3.43. The Morgan fingerprint density at radius 1 is 0.741 bits per heavy atom. The maximum absolute atomic E-state index is 12.2. The van der Waals surface area contributed by atoms with Crippen LogP contribution < -0.4 is 5.32 Å². The summed E-state index contributed by atoms with van der Waals surface area (Å²) in [4.78, 5) is 12.2. The predicted octanol–water partition coefficient (Wildman–Crippen LogP) is 4.91. The van der Waals surface area contributed by atoms with Gasteiger partial charge in [-0.15, -0.1) is 0 Å². The minimum Gasteiger partial charge on any atom is -0.478 e. The molecule has 2 N–H and O–H groups in total. The average Bonchev–Trinajstić information content (AvgIpc) is 2.74. The molecule has 132 valence electrons. The van der Waals surface area contributed by atoms with E-state index in [1.54, 1.807) is 0 Å². The number of dihydropyridines is 1. The maximum Gasteiger partial charge on any atom is 0.334 e. The van der Waals surface area contributed by atoms with Crippen molar-refractivity contribution >= 4 is 17.4 Å². The molecular formula is C24H19NO2. The van der Waals surface area contributed by atoms with Crippen LogP contribution in [0.15, 0.2) is 103 Å². The molecule has 3 aromatic carbocycles. The molecule has 0 aromatic heterocycles. The minimum atomic E-state index is -0.918. The van der Waals surface area contributed by atoms with Gasteiger partial charge in [0.05, 0.1) is 11.3 Å². The lowest BCUT2D eigenvalue weighted by atomic mass is 9.84. The summed E-state index contributed by atoms with van der Waals surface area (Å²) >= 11 is 0. The van der Waals surface area contributed by atoms with Crippen molar-refractivity contribution in [1.29, 1.82) is 0 Å². The third kappa shape index (κ3) is 3.40. The SMILES string of the molecule is O=C(O)C1=C(c2ccccc2)NC(c2ccccc2)=CC1c1ccccc1. The lowest BCUT2D eigenvalue weighted by Crippen LogP contribution is -2.25. The molecule has 0 spiro atoms. The van der Waals surface area contributed by atoms with Gasteiger partial charge in [0, 0.05) is 11.6 Å².